The van der Waals surface area contributed by atoms with Gasteiger partial charge in [0.25, 0.3) is 0 Å². The maximum atomic E-state index is 12.5. The van der Waals surface area contributed by atoms with Crippen LogP contribution in [0.1, 0.15) is 25.7 Å². The first-order valence-corrected chi connectivity index (χ1v) is 7.11. The van der Waals surface area contributed by atoms with Crippen molar-refractivity contribution in [2.45, 2.75) is 43.8 Å². The van der Waals surface area contributed by atoms with E-state index in [9.17, 15) is 9.59 Å². The summed E-state index contributed by atoms with van der Waals surface area (Å²) in [7, 11) is 0. The third-order valence-electron chi connectivity index (χ3n) is 4.20. The van der Waals surface area contributed by atoms with Gasteiger partial charge in [0, 0.05) is 18.6 Å². The number of rotatable bonds is 3. The number of hydrogen-bond donors (Lipinski definition) is 2. The Kier molecular flexibility index (Phi) is 3.45. The Labute approximate surface area is 112 Å². The minimum absolute atomic E-state index is 0.000775. The Bertz CT molecular complexity index is 383. The molecule has 1 saturated carbocycles. The standard InChI is InChI=1S/C13H21N3O3/c14-10-7-19-6-9(10)13(18)16-5-1-2-11(16)12(17)15-8-3-4-8/h8-11H,1-7,14H2,(H,15,17). The van der Waals surface area contributed by atoms with Crippen LogP contribution in [-0.2, 0) is 14.3 Å². The molecule has 3 N–H and O–H groups in total. The molecule has 0 spiro atoms. The minimum Gasteiger partial charge on any atom is -0.379 e. The van der Waals surface area contributed by atoms with Crippen LogP contribution in [-0.4, -0.2) is 54.6 Å². The third kappa shape index (κ3) is 2.60. The van der Waals surface area contributed by atoms with Gasteiger partial charge in [-0.25, -0.2) is 0 Å². The first-order valence-electron chi connectivity index (χ1n) is 7.11. The van der Waals surface area contributed by atoms with E-state index in [0.717, 1.165) is 25.7 Å². The maximum Gasteiger partial charge on any atom is 0.243 e. The molecule has 2 amide bonds. The average Bonchev–Trinajstić information content (AvgIpc) is 2.92. The summed E-state index contributed by atoms with van der Waals surface area (Å²) in [6, 6.07) is -0.205. The predicted molar refractivity (Wildman–Crippen MR) is 68.2 cm³/mol. The van der Waals surface area contributed by atoms with E-state index in [1.807, 2.05) is 0 Å². The normalized spacial score (nSPS) is 34.6. The molecule has 19 heavy (non-hydrogen) atoms. The number of likely N-dealkylation sites (tertiary alicyclic amines) is 1. The van der Waals surface area contributed by atoms with Crippen molar-refractivity contribution >= 4 is 11.8 Å². The number of carbonyl (C=O) groups is 2. The molecule has 0 radical (unpaired) electrons. The van der Waals surface area contributed by atoms with Crippen LogP contribution in [0.3, 0.4) is 0 Å². The van der Waals surface area contributed by atoms with E-state index in [-0.39, 0.29) is 29.8 Å². The second kappa shape index (κ2) is 5.09. The number of nitrogens with two attached hydrogens (primary N) is 1. The largest absolute Gasteiger partial charge is 0.379 e. The first-order chi connectivity index (χ1) is 9.16. The maximum absolute atomic E-state index is 12.5. The monoisotopic (exact) mass is 267 g/mol. The van der Waals surface area contributed by atoms with E-state index >= 15 is 0 Å². The minimum atomic E-state index is -0.305. The van der Waals surface area contributed by atoms with Gasteiger partial charge in [-0.05, 0) is 25.7 Å². The molecule has 0 bridgehead atoms. The van der Waals surface area contributed by atoms with Gasteiger partial charge in [-0.3, -0.25) is 9.59 Å². The van der Waals surface area contributed by atoms with Crippen molar-refractivity contribution in [3.05, 3.63) is 0 Å². The third-order valence-corrected chi connectivity index (χ3v) is 4.20. The summed E-state index contributed by atoms with van der Waals surface area (Å²) in [6.45, 7) is 1.47. The average molecular weight is 267 g/mol. The summed E-state index contributed by atoms with van der Waals surface area (Å²) < 4.78 is 5.25. The lowest BCUT2D eigenvalue weighted by Crippen LogP contribution is -2.50. The molecule has 3 unspecified atom stereocenters. The molecule has 3 fully saturated rings. The molecular formula is C13H21N3O3. The molecule has 2 aliphatic heterocycles. The molecule has 0 aromatic heterocycles. The highest BCUT2D eigenvalue weighted by Crippen LogP contribution is 2.25. The van der Waals surface area contributed by atoms with Crippen molar-refractivity contribution in [1.82, 2.24) is 10.2 Å². The topological polar surface area (TPSA) is 84.7 Å². The molecular weight excluding hydrogens is 246 g/mol. The second-order valence-electron chi connectivity index (χ2n) is 5.78. The molecule has 2 heterocycles. The molecule has 1 aliphatic carbocycles. The summed E-state index contributed by atoms with van der Waals surface area (Å²) in [6.07, 6.45) is 3.77. The fraction of sp³-hybridized carbons (Fsp3) is 0.846. The number of amides is 2. The zero-order valence-electron chi connectivity index (χ0n) is 11.0. The SMILES string of the molecule is NC1COCC1C(=O)N1CCCC1C(=O)NC1CC1. The van der Waals surface area contributed by atoms with Gasteiger partial charge in [-0.1, -0.05) is 0 Å². The molecule has 3 atom stereocenters. The van der Waals surface area contributed by atoms with Crippen molar-refractivity contribution in [2.75, 3.05) is 19.8 Å². The second-order valence-corrected chi connectivity index (χ2v) is 5.78. The van der Waals surface area contributed by atoms with Crippen LogP contribution in [0.25, 0.3) is 0 Å². The fourth-order valence-electron chi connectivity index (χ4n) is 2.87. The molecule has 0 aromatic carbocycles. The molecule has 6 nitrogen and oxygen atoms in total. The zero-order valence-corrected chi connectivity index (χ0v) is 11.0. The van der Waals surface area contributed by atoms with E-state index < -0.39 is 0 Å². The highest BCUT2D eigenvalue weighted by molar-refractivity contribution is 5.89. The highest BCUT2D eigenvalue weighted by atomic mass is 16.5. The lowest BCUT2D eigenvalue weighted by Gasteiger charge is -2.27. The Morgan fingerprint density at radius 1 is 1.21 bits per heavy atom. The van der Waals surface area contributed by atoms with E-state index in [4.69, 9.17) is 10.5 Å². The number of ether oxygens (including phenoxy) is 1. The quantitative estimate of drug-likeness (QED) is 0.703. The van der Waals surface area contributed by atoms with Crippen LogP contribution >= 0.6 is 0 Å². The molecule has 6 heteroatoms. The van der Waals surface area contributed by atoms with Crippen molar-refractivity contribution in [2.24, 2.45) is 11.7 Å². The summed E-state index contributed by atoms with van der Waals surface area (Å²) in [5, 5.41) is 2.99. The van der Waals surface area contributed by atoms with Crippen molar-refractivity contribution in [1.29, 1.82) is 0 Å². The van der Waals surface area contributed by atoms with Crippen LogP contribution in [0, 0.1) is 5.92 Å². The van der Waals surface area contributed by atoms with Gasteiger partial charge in [-0.15, -0.1) is 0 Å². The number of nitrogens with zero attached hydrogens (tertiary/aromatic N) is 1. The Hall–Kier alpha value is -1.14. The van der Waals surface area contributed by atoms with E-state index in [1.165, 1.54) is 0 Å². The van der Waals surface area contributed by atoms with Crippen LogP contribution in [0.5, 0.6) is 0 Å². The van der Waals surface area contributed by atoms with Crippen molar-refractivity contribution in [3.8, 4) is 0 Å². The molecule has 3 rings (SSSR count). The van der Waals surface area contributed by atoms with Gasteiger partial charge >= 0.3 is 0 Å². The van der Waals surface area contributed by atoms with Crippen LogP contribution in [0.2, 0.25) is 0 Å². The number of carbonyl (C=O) groups excluding carboxylic acids is 2. The highest BCUT2D eigenvalue weighted by Gasteiger charge is 2.41. The van der Waals surface area contributed by atoms with Gasteiger partial charge in [0.05, 0.1) is 19.1 Å². The van der Waals surface area contributed by atoms with Crippen LogP contribution < -0.4 is 11.1 Å². The van der Waals surface area contributed by atoms with Gasteiger partial charge in [0.2, 0.25) is 11.8 Å². The molecule has 106 valence electrons. The summed E-state index contributed by atoms with van der Waals surface area (Å²) in [4.78, 5) is 26.3. The summed E-state index contributed by atoms with van der Waals surface area (Å²) >= 11 is 0. The van der Waals surface area contributed by atoms with Crippen LogP contribution in [0.15, 0.2) is 0 Å². The van der Waals surface area contributed by atoms with E-state index in [0.29, 0.717) is 25.8 Å². The van der Waals surface area contributed by atoms with Crippen molar-refractivity contribution in [3.63, 3.8) is 0 Å². The Morgan fingerprint density at radius 2 is 2.00 bits per heavy atom. The summed E-state index contributed by atoms with van der Waals surface area (Å²) in [5.41, 5.74) is 5.89. The summed E-state index contributed by atoms with van der Waals surface area (Å²) in [5.74, 6) is -0.298. The van der Waals surface area contributed by atoms with E-state index in [1.54, 1.807) is 4.90 Å². The van der Waals surface area contributed by atoms with Gasteiger partial charge in [0.15, 0.2) is 0 Å². The van der Waals surface area contributed by atoms with Crippen molar-refractivity contribution < 1.29 is 14.3 Å². The van der Waals surface area contributed by atoms with Gasteiger partial charge < -0.3 is 20.7 Å². The fourth-order valence-corrected chi connectivity index (χ4v) is 2.87. The lowest BCUT2D eigenvalue weighted by atomic mass is 10.0. The Morgan fingerprint density at radius 3 is 2.63 bits per heavy atom. The Balaban J connectivity index is 1.64. The van der Waals surface area contributed by atoms with Crippen LogP contribution in [0.4, 0.5) is 0 Å². The van der Waals surface area contributed by atoms with E-state index in [2.05, 4.69) is 5.32 Å². The van der Waals surface area contributed by atoms with Gasteiger partial charge in [-0.2, -0.15) is 0 Å². The number of nitrogens with one attached hydrogen (secondary N) is 1. The predicted octanol–water partition coefficient (Wildman–Crippen LogP) is -0.770. The number of hydrogen-bond acceptors (Lipinski definition) is 4. The smallest absolute Gasteiger partial charge is 0.243 e. The molecule has 2 saturated heterocycles. The molecule has 3 aliphatic rings. The van der Waals surface area contributed by atoms with Gasteiger partial charge in [0.1, 0.15) is 6.04 Å². The lowest BCUT2D eigenvalue weighted by molar-refractivity contribution is -0.141. The molecule has 0 aromatic rings. The first kappa shape index (κ1) is 12.9. The zero-order chi connectivity index (χ0) is 13.4.